The van der Waals surface area contributed by atoms with Gasteiger partial charge in [-0.3, -0.25) is 14.3 Å². The van der Waals surface area contributed by atoms with Crippen LogP contribution in [0.3, 0.4) is 0 Å². The Morgan fingerprint density at radius 2 is 1.79 bits per heavy atom. The highest BCUT2D eigenvalue weighted by molar-refractivity contribution is 7.93. The number of amides is 2. The molecule has 2 aromatic rings. The number of rotatable bonds is 8. The van der Waals surface area contributed by atoms with Crippen LogP contribution >= 0.6 is 0 Å². The summed E-state index contributed by atoms with van der Waals surface area (Å²) in [7, 11) is -4.07. The predicted octanol–water partition coefficient (Wildman–Crippen LogP) is 2.30. The van der Waals surface area contributed by atoms with Gasteiger partial charge in [-0.05, 0) is 49.2 Å². The number of benzene rings is 2. The molecule has 2 aromatic carbocycles. The van der Waals surface area contributed by atoms with Crippen LogP contribution in [-0.4, -0.2) is 53.0 Å². The number of aryl methyl sites for hydroxylation is 1. The second-order valence-corrected chi connectivity index (χ2v) is 9.66. The van der Waals surface area contributed by atoms with E-state index in [1.807, 2.05) is 6.92 Å². The maximum atomic E-state index is 13.5. The lowest BCUT2D eigenvalue weighted by molar-refractivity contribution is -0.114. The van der Waals surface area contributed by atoms with E-state index >= 15 is 0 Å². The lowest BCUT2D eigenvalue weighted by atomic mass is 10.1. The van der Waals surface area contributed by atoms with E-state index in [4.69, 9.17) is 0 Å². The van der Waals surface area contributed by atoms with Crippen molar-refractivity contribution >= 4 is 38.9 Å². The summed E-state index contributed by atoms with van der Waals surface area (Å²) >= 11 is 0. The molecule has 33 heavy (non-hydrogen) atoms. The normalized spacial score (nSPS) is 14.0. The van der Waals surface area contributed by atoms with Crippen LogP contribution in [0.1, 0.15) is 36.2 Å². The number of nitrogens with zero attached hydrogens (tertiary/aromatic N) is 1. The smallest absolute Gasteiger partial charge is 0.264 e. The minimum absolute atomic E-state index is 0.0372. The molecular weight excluding hydrogens is 442 g/mol. The first-order valence-corrected chi connectivity index (χ1v) is 12.5. The quantitative estimate of drug-likeness (QED) is 0.467. The fourth-order valence-corrected chi connectivity index (χ4v) is 4.94. The average Bonchev–Trinajstić information content (AvgIpc) is 2.78. The SMILES string of the molecule is CCCNC(=O)c1ccc(N2CCNCC2)c(NS(=O)(=O)c2cc(C)ccc2NC(C)=O)c1. The number of sulfonamides is 1. The van der Waals surface area contributed by atoms with E-state index in [9.17, 15) is 18.0 Å². The average molecular weight is 474 g/mol. The predicted molar refractivity (Wildman–Crippen MR) is 130 cm³/mol. The fraction of sp³-hybridized carbons (Fsp3) is 0.391. The Kier molecular flexibility index (Phi) is 7.93. The molecule has 9 nitrogen and oxygen atoms in total. The molecule has 10 heteroatoms. The van der Waals surface area contributed by atoms with Crippen LogP contribution in [0.2, 0.25) is 0 Å². The summed E-state index contributed by atoms with van der Waals surface area (Å²) in [6.07, 6.45) is 0.795. The van der Waals surface area contributed by atoms with Crippen molar-refractivity contribution in [3.05, 3.63) is 47.5 Å². The molecule has 2 amide bonds. The summed E-state index contributed by atoms with van der Waals surface area (Å²) in [6.45, 7) is 8.55. The Morgan fingerprint density at radius 1 is 1.06 bits per heavy atom. The van der Waals surface area contributed by atoms with Crippen LogP contribution in [0.25, 0.3) is 0 Å². The number of carbonyl (C=O) groups excluding carboxylic acids is 2. The fourth-order valence-electron chi connectivity index (χ4n) is 3.63. The van der Waals surface area contributed by atoms with Crippen LogP contribution in [0.15, 0.2) is 41.3 Å². The summed E-state index contributed by atoms with van der Waals surface area (Å²) in [6, 6.07) is 9.85. The molecular formula is C23H31N5O4S. The summed E-state index contributed by atoms with van der Waals surface area (Å²) in [4.78, 5) is 26.2. The molecule has 1 aliphatic heterocycles. The molecule has 0 atom stereocenters. The van der Waals surface area contributed by atoms with Crippen molar-refractivity contribution in [1.29, 1.82) is 0 Å². The highest BCUT2D eigenvalue weighted by Crippen LogP contribution is 2.32. The van der Waals surface area contributed by atoms with Gasteiger partial charge < -0.3 is 20.9 Å². The van der Waals surface area contributed by atoms with Crippen molar-refractivity contribution in [2.24, 2.45) is 0 Å². The third kappa shape index (κ3) is 6.23. The number of hydrogen-bond donors (Lipinski definition) is 4. The molecule has 1 fully saturated rings. The first-order chi connectivity index (χ1) is 15.7. The summed E-state index contributed by atoms with van der Waals surface area (Å²) in [5.41, 5.74) is 2.31. The van der Waals surface area contributed by atoms with Gasteiger partial charge in [0.05, 0.1) is 17.1 Å². The van der Waals surface area contributed by atoms with Gasteiger partial charge in [0, 0.05) is 45.2 Å². The van der Waals surface area contributed by atoms with Crippen molar-refractivity contribution in [1.82, 2.24) is 10.6 Å². The maximum Gasteiger partial charge on any atom is 0.264 e. The third-order valence-corrected chi connectivity index (χ3v) is 6.64. The van der Waals surface area contributed by atoms with Gasteiger partial charge >= 0.3 is 0 Å². The zero-order valence-corrected chi connectivity index (χ0v) is 20.0. The van der Waals surface area contributed by atoms with E-state index in [2.05, 4.69) is 25.6 Å². The molecule has 1 heterocycles. The molecule has 0 bridgehead atoms. The minimum atomic E-state index is -4.07. The zero-order valence-electron chi connectivity index (χ0n) is 19.2. The molecule has 3 rings (SSSR count). The third-order valence-electron chi connectivity index (χ3n) is 5.23. The van der Waals surface area contributed by atoms with Crippen molar-refractivity contribution in [3.8, 4) is 0 Å². The van der Waals surface area contributed by atoms with Gasteiger partial charge in [0.25, 0.3) is 15.9 Å². The number of nitrogens with one attached hydrogen (secondary N) is 4. The Morgan fingerprint density at radius 3 is 2.45 bits per heavy atom. The van der Waals surface area contributed by atoms with Gasteiger partial charge in [0.15, 0.2) is 0 Å². The molecule has 0 unspecified atom stereocenters. The topological polar surface area (TPSA) is 120 Å². The van der Waals surface area contributed by atoms with Crippen LogP contribution < -0.4 is 25.6 Å². The Balaban J connectivity index is 2.03. The van der Waals surface area contributed by atoms with Gasteiger partial charge in [0.2, 0.25) is 5.91 Å². The second kappa shape index (κ2) is 10.7. The van der Waals surface area contributed by atoms with E-state index in [-0.39, 0.29) is 22.4 Å². The summed E-state index contributed by atoms with van der Waals surface area (Å²) < 4.78 is 29.6. The largest absolute Gasteiger partial charge is 0.367 e. The number of hydrogen-bond acceptors (Lipinski definition) is 6. The first-order valence-electron chi connectivity index (χ1n) is 11.0. The molecule has 1 saturated heterocycles. The van der Waals surface area contributed by atoms with E-state index < -0.39 is 10.0 Å². The summed E-state index contributed by atoms with van der Waals surface area (Å²) in [5, 5.41) is 8.68. The maximum absolute atomic E-state index is 13.5. The molecule has 4 N–H and O–H groups in total. The van der Waals surface area contributed by atoms with Crippen LogP contribution in [-0.2, 0) is 14.8 Å². The van der Waals surface area contributed by atoms with Crippen molar-refractivity contribution < 1.29 is 18.0 Å². The minimum Gasteiger partial charge on any atom is -0.367 e. The van der Waals surface area contributed by atoms with Gasteiger partial charge in [-0.1, -0.05) is 13.0 Å². The van der Waals surface area contributed by atoms with Crippen LogP contribution in [0, 0.1) is 6.92 Å². The van der Waals surface area contributed by atoms with Crippen LogP contribution in [0.4, 0.5) is 17.1 Å². The molecule has 0 saturated carbocycles. The molecule has 0 aromatic heterocycles. The zero-order chi connectivity index (χ0) is 24.0. The van der Waals surface area contributed by atoms with E-state index in [1.54, 1.807) is 37.3 Å². The Hall–Kier alpha value is -3.11. The van der Waals surface area contributed by atoms with Gasteiger partial charge in [0.1, 0.15) is 4.90 Å². The molecule has 0 spiro atoms. The lowest BCUT2D eigenvalue weighted by Gasteiger charge is -2.31. The number of piperazine rings is 1. The van der Waals surface area contributed by atoms with Crippen molar-refractivity contribution in [2.45, 2.75) is 32.1 Å². The summed E-state index contributed by atoms with van der Waals surface area (Å²) in [5.74, 6) is -0.634. The van der Waals surface area contributed by atoms with Crippen molar-refractivity contribution in [2.75, 3.05) is 47.7 Å². The Bertz CT molecular complexity index is 1130. The molecule has 0 radical (unpaired) electrons. The highest BCUT2D eigenvalue weighted by Gasteiger charge is 2.24. The van der Waals surface area contributed by atoms with Gasteiger partial charge in [-0.25, -0.2) is 8.42 Å². The van der Waals surface area contributed by atoms with Crippen LogP contribution in [0.5, 0.6) is 0 Å². The standard InChI is InChI=1S/C23H31N5O4S/c1-4-9-25-23(30)18-6-8-21(28-12-10-24-11-13-28)20(15-18)27-33(31,32)22-14-16(2)5-7-19(22)26-17(3)29/h5-8,14-15,24,27H,4,9-13H2,1-3H3,(H,25,30)(H,26,29). The van der Waals surface area contributed by atoms with E-state index in [0.29, 0.717) is 36.6 Å². The number of anilines is 3. The molecule has 0 aliphatic carbocycles. The van der Waals surface area contributed by atoms with Gasteiger partial charge in [-0.2, -0.15) is 0 Å². The monoisotopic (exact) mass is 473 g/mol. The van der Waals surface area contributed by atoms with Gasteiger partial charge in [-0.15, -0.1) is 0 Å². The molecule has 1 aliphatic rings. The highest BCUT2D eigenvalue weighted by atomic mass is 32.2. The van der Waals surface area contributed by atoms with E-state index in [0.717, 1.165) is 25.1 Å². The number of carbonyl (C=O) groups is 2. The van der Waals surface area contributed by atoms with E-state index in [1.165, 1.54) is 13.0 Å². The first kappa shape index (κ1) is 24.5. The second-order valence-electron chi connectivity index (χ2n) is 8.01. The van der Waals surface area contributed by atoms with Crippen molar-refractivity contribution in [3.63, 3.8) is 0 Å². The Labute approximate surface area is 195 Å². The lowest BCUT2D eigenvalue weighted by Crippen LogP contribution is -2.43. The molecule has 178 valence electrons.